The minimum Gasteiger partial charge on any atom is -0.487 e. The molecule has 3 rings (SSSR count). The van der Waals surface area contributed by atoms with Crippen LogP contribution in [0.25, 0.3) is 22.4 Å². The van der Waals surface area contributed by atoms with E-state index in [4.69, 9.17) is 14.9 Å². The van der Waals surface area contributed by atoms with Crippen molar-refractivity contribution in [3.8, 4) is 17.0 Å². The Morgan fingerprint density at radius 1 is 1.32 bits per heavy atom. The lowest BCUT2D eigenvalue weighted by Crippen LogP contribution is -2.05. The van der Waals surface area contributed by atoms with Crippen molar-refractivity contribution >= 4 is 23.4 Å². The first-order chi connectivity index (χ1) is 10.6. The zero-order valence-electron chi connectivity index (χ0n) is 12.2. The van der Waals surface area contributed by atoms with Gasteiger partial charge in [0.15, 0.2) is 17.6 Å². The van der Waals surface area contributed by atoms with E-state index in [9.17, 15) is 4.79 Å². The highest BCUT2D eigenvalue weighted by Gasteiger charge is 2.14. The van der Waals surface area contributed by atoms with Gasteiger partial charge in [0, 0.05) is 17.3 Å². The second kappa shape index (κ2) is 5.48. The van der Waals surface area contributed by atoms with Crippen molar-refractivity contribution in [1.82, 2.24) is 9.97 Å². The van der Waals surface area contributed by atoms with Gasteiger partial charge in [-0.05, 0) is 38.1 Å². The minimum absolute atomic E-state index is 0.0184. The normalized spacial score (nSPS) is 11.0. The Labute approximate surface area is 126 Å². The van der Waals surface area contributed by atoms with Crippen LogP contribution in [0.3, 0.4) is 0 Å². The maximum absolute atomic E-state index is 10.7. The molecule has 0 fully saturated rings. The number of ether oxygens (including phenoxy) is 1. The van der Waals surface area contributed by atoms with Crippen LogP contribution < -0.4 is 10.5 Å². The highest BCUT2D eigenvalue weighted by Crippen LogP contribution is 2.33. The van der Waals surface area contributed by atoms with Crippen molar-refractivity contribution in [2.24, 2.45) is 0 Å². The molecule has 0 atom stereocenters. The van der Waals surface area contributed by atoms with Crippen LogP contribution in [0.15, 0.2) is 34.9 Å². The van der Waals surface area contributed by atoms with Gasteiger partial charge in [-0.15, -0.1) is 0 Å². The molecule has 0 unspecified atom stereocenters. The average Bonchev–Trinajstić information content (AvgIpc) is 2.87. The van der Waals surface area contributed by atoms with E-state index in [1.165, 1.54) is 6.20 Å². The predicted molar refractivity (Wildman–Crippen MR) is 82.8 cm³/mol. The highest BCUT2D eigenvalue weighted by atomic mass is 16.5. The molecule has 0 bridgehead atoms. The summed E-state index contributed by atoms with van der Waals surface area (Å²) in [5, 5.41) is 0. The summed E-state index contributed by atoms with van der Waals surface area (Å²) in [7, 11) is 0. The number of aldehydes is 1. The maximum atomic E-state index is 10.7. The lowest BCUT2D eigenvalue weighted by atomic mass is 10.1. The number of anilines is 1. The molecule has 6 heteroatoms. The molecular formula is C16H15N3O3. The Kier molecular flexibility index (Phi) is 3.50. The molecule has 0 saturated heterocycles. The van der Waals surface area contributed by atoms with Crippen molar-refractivity contribution in [2.45, 2.75) is 20.0 Å². The largest absolute Gasteiger partial charge is 0.487 e. The van der Waals surface area contributed by atoms with Crippen LogP contribution in [0.1, 0.15) is 24.2 Å². The Morgan fingerprint density at radius 2 is 2.14 bits per heavy atom. The molecule has 0 spiro atoms. The molecule has 2 heterocycles. The van der Waals surface area contributed by atoms with Crippen LogP contribution in [0.2, 0.25) is 0 Å². The molecule has 0 radical (unpaired) electrons. The molecule has 0 saturated carbocycles. The summed E-state index contributed by atoms with van der Waals surface area (Å²) in [6.07, 6.45) is 2.26. The van der Waals surface area contributed by atoms with Gasteiger partial charge in [-0.3, -0.25) is 9.78 Å². The third-order valence-electron chi connectivity index (χ3n) is 3.05. The van der Waals surface area contributed by atoms with Crippen molar-refractivity contribution in [1.29, 1.82) is 0 Å². The number of pyridine rings is 1. The molecule has 22 heavy (non-hydrogen) atoms. The number of nitrogens with two attached hydrogens (primary N) is 1. The summed E-state index contributed by atoms with van der Waals surface area (Å²) in [6, 6.07) is 7.22. The van der Waals surface area contributed by atoms with Gasteiger partial charge in [0.05, 0.1) is 11.8 Å². The number of benzene rings is 1. The van der Waals surface area contributed by atoms with Crippen LogP contribution in [0, 0.1) is 0 Å². The van der Waals surface area contributed by atoms with Gasteiger partial charge in [0.2, 0.25) is 0 Å². The Balaban J connectivity index is 2.14. The van der Waals surface area contributed by atoms with E-state index in [-0.39, 0.29) is 12.1 Å². The van der Waals surface area contributed by atoms with Crippen molar-refractivity contribution < 1.29 is 13.9 Å². The third kappa shape index (κ3) is 2.63. The Bertz CT molecular complexity index is 823. The summed E-state index contributed by atoms with van der Waals surface area (Å²) >= 11 is 0. The summed E-state index contributed by atoms with van der Waals surface area (Å²) < 4.78 is 11.2. The average molecular weight is 297 g/mol. The minimum atomic E-state index is -0.0184. The summed E-state index contributed by atoms with van der Waals surface area (Å²) in [5.74, 6) is 0.563. The number of hydrogen-bond donors (Lipinski definition) is 1. The zero-order valence-corrected chi connectivity index (χ0v) is 12.2. The van der Waals surface area contributed by atoms with Crippen molar-refractivity contribution in [3.63, 3.8) is 0 Å². The number of aromatic nitrogens is 2. The summed E-state index contributed by atoms with van der Waals surface area (Å²) in [4.78, 5) is 19.1. The summed E-state index contributed by atoms with van der Waals surface area (Å²) in [5.41, 5.74) is 8.79. The van der Waals surface area contributed by atoms with E-state index < -0.39 is 0 Å². The smallest absolute Gasteiger partial charge is 0.293 e. The van der Waals surface area contributed by atoms with Crippen LogP contribution in [0.4, 0.5) is 6.01 Å². The number of carbonyl (C=O) groups excluding carboxylic acids is 1. The molecule has 0 aliphatic heterocycles. The number of fused-ring (bicyclic) bond motifs is 1. The number of rotatable bonds is 4. The van der Waals surface area contributed by atoms with Crippen LogP contribution in [0.5, 0.6) is 5.75 Å². The topological polar surface area (TPSA) is 91.2 Å². The van der Waals surface area contributed by atoms with Gasteiger partial charge >= 0.3 is 0 Å². The van der Waals surface area contributed by atoms with E-state index in [0.717, 1.165) is 11.8 Å². The van der Waals surface area contributed by atoms with E-state index in [1.54, 1.807) is 12.1 Å². The molecule has 3 aromatic rings. The van der Waals surface area contributed by atoms with Crippen LogP contribution in [-0.2, 0) is 0 Å². The first-order valence-corrected chi connectivity index (χ1v) is 6.85. The summed E-state index contributed by atoms with van der Waals surface area (Å²) in [6.45, 7) is 3.85. The molecule has 2 N–H and O–H groups in total. The fraction of sp³-hybridized carbons (Fsp3) is 0.188. The lowest BCUT2D eigenvalue weighted by molar-refractivity contribution is 0.112. The van der Waals surface area contributed by atoms with Gasteiger partial charge < -0.3 is 14.9 Å². The van der Waals surface area contributed by atoms with Crippen molar-refractivity contribution in [3.05, 3.63) is 36.0 Å². The molecule has 1 aromatic carbocycles. The quantitative estimate of drug-likeness (QED) is 0.744. The first kappa shape index (κ1) is 14.1. The highest BCUT2D eigenvalue weighted by molar-refractivity contribution is 5.86. The zero-order chi connectivity index (χ0) is 15.7. The number of carbonyl (C=O) groups is 1. The van der Waals surface area contributed by atoms with Gasteiger partial charge in [-0.1, -0.05) is 0 Å². The molecule has 0 amide bonds. The molecule has 6 nitrogen and oxygen atoms in total. The molecule has 112 valence electrons. The predicted octanol–water partition coefficient (Wildman–Crippen LogP) is 3.07. The van der Waals surface area contributed by atoms with Gasteiger partial charge in [-0.25, -0.2) is 0 Å². The fourth-order valence-corrected chi connectivity index (χ4v) is 2.15. The number of hydrogen-bond acceptors (Lipinski definition) is 6. The van der Waals surface area contributed by atoms with E-state index in [2.05, 4.69) is 9.97 Å². The monoisotopic (exact) mass is 297 g/mol. The van der Waals surface area contributed by atoms with Crippen molar-refractivity contribution in [2.75, 3.05) is 5.73 Å². The van der Waals surface area contributed by atoms with Crippen LogP contribution >= 0.6 is 0 Å². The number of nitrogens with zero attached hydrogens (tertiary/aromatic N) is 2. The lowest BCUT2D eigenvalue weighted by Gasteiger charge is -2.11. The second-order valence-electron chi connectivity index (χ2n) is 5.14. The maximum Gasteiger partial charge on any atom is 0.293 e. The van der Waals surface area contributed by atoms with Gasteiger partial charge in [0.25, 0.3) is 6.01 Å². The molecule has 2 aromatic heterocycles. The standard InChI is InChI=1S/C16H15N3O3/c1-9(2)21-14-6-11(5-13-15(14)22-16(17)19-13)12-4-3-10(8-20)7-18-12/h3-9H,1-2H3,(H2,17,19). The fourth-order valence-electron chi connectivity index (χ4n) is 2.15. The molecule has 0 aliphatic rings. The van der Waals surface area contributed by atoms with Gasteiger partial charge in [-0.2, -0.15) is 4.98 Å². The molecule has 0 aliphatic carbocycles. The number of oxazole rings is 1. The van der Waals surface area contributed by atoms with Crippen LogP contribution in [-0.4, -0.2) is 22.4 Å². The van der Waals surface area contributed by atoms with E-state index in [1.807, 2.05) is 26.0 Å². The Hall–Kier alpha value is -2.89. The first-order valence-electron chi connectivity index (χ1n) is 6.85. The van der Waals surface area contributed by atoms with Gasteiger partial charge in [0.1, 0.15) is 5.52 Å². The van der Waals surface area contributed by atoms with E-state index >= 15 is 0 Å². The molecular weight excluding hydrogens is 282 g/mol. The SMILES string of the molecule is CC(C)Oc1cc(-c2ccc(C=O)cn2)cc2nc(N)oc12. The third-order valence-corrected chi connectivity index (χ3v) is 3.05. The second-order valence-corrected chi connectivity index (χ2v) is 5.14. The Morgan fingerprint density at radius 3 is 2.77 bits per heavy atom. The number of nitrogen functional groups attached to an aromatic ring is 1. The van der Waals surface area contributed by atoms with E-state index in [0.29, 0.717) is 28.1 Å².